The van der Waals surface area contributed by atoms with Gasteiger partial charge in [0.1, 0.15) is 0 Å². The van der Waals surface area contributed by atoms with Crippen molar-refractivity contribution in [3.63, 3.8) is 0 Å². The molecule has 41 heavy (non-hydrogen) atoms. The van der Waals surface area contributed by atoms with E-state index in [1.54, 1.807) is 6.66 Å². The summed E-state index contributed by atoms with van der Waals surface area (Å²) in [5.41, 5.74) is 0. The Labute approximate surface area is 258 Å². The van der Waals surface area contributed by atoms with Crippen LogP contribution in [-0.4, -0.2) is 19.9 Å². The summed E-state index contributed by atoms with van der Waals surface area (Å²) in [7, 11) is -2.89. The highest BCUT2D eigenvalue weighted by Gasteiger charge is 2.15. The Hall–Kier alpha value is -0.370. The molecule has 0 aromatic carbocycles. The number of rotatable bonds is 34. The Morgan fingerprint density at radius 3 is 0.927 bits per heavy atom. The highest BCUT2D eigenvalue weighted by molar-refractivity contribution is 7.52. The lowest BCUT2D eigenvalue weighted by Gasteiger charge is -2.14. The van der Waals surface area contributed by atoms with Crippen molar-refractivity contribution in [1.29, 1.82) is 0 Å². The lowest BCUT2D eigenvalue weighted by molar-refractivity contribution is 0.202. The molecule has 0 unspecified atom stereocenters. The smallest absolute Gasteiger partial charge is 0.309 e. The van der Waals surface area contributed by atoms with Crippen molar-refractivity contribution in [3.8, 4) is 0 Å². The van der Waals surface area contributed by atoms with Crippen LogP contribution in [0.4, 0.5) is 0 Å². The first-order valence-corrected chi connectivity index (χ1v) is 20.3. The SMILES string of the molecule is CCCCCCCCC=CCCCCCCCCOP(C)(=O)OCCCCCCCCC=CCCCCCCCC. The Balaban J connectivity index is 3.35. The van der Waals surface area contributed by atoms with Gasteiger partial charge in [0.15, 0.2) is 0 Å². The fraction of sp³-hybridized carbons (Fsp3) is 0.892. The molecule has 0 aliphatic carbocycles. The first kappa shape index (κ1) is 40.6. The molecule has 244 valence electrons. The standard InChI is InChI=1S/C37H73O3P/c1-4-6-8-10-12-14-16-18-20-22-24-26-28-30-32-34-36-39-41(3,38)40-37-35-33-31-29-27-25-23-21-19-17-15-13-11-9-7-5-2/h18-21H,4-17,22-37H2,1-3H3. The molecule has 0 aliphatic heterocycles. The zero-order valence-corrected chi connectivity index (χ0v) is 29.1. The molecule has 0 N–H and O–H groups in total. The minimum Gasteiger partial charge on any atom is -0.309 e. The molecule has 0 amide bonds. The van der Waals surface area contributed by atoms with E-state index in [-0.39, 0.29) is 0 Å². The maximum absolute atomic E-state index is 12.5. The summed E-state index contributed by atoms with van der Waals surface area (Å²) in [5, 5.41) is 0. The normalized spacial score (nSPS) is 13.5. The van der Waals surface area contributed by atoms with Gasteiger partial charge in [-0.2, -0.15) is 0 Å². The Morgan fingerprint density at radius 1 is 0.390 bits per heavy atom. The third-order valence-corrected chi connectivity index (χ3v) is 9.27. The van der Waals surface area contributed by atoms with Crippen LogP contribution in [-0.2, 0) is 13.6 Å². The third-order valence-electron chi connectivity index (χ3n) is 7.96. The van der Waals surface area contributed by atoms with Crippen LogP contribution in [0.15, 0.2) is 24.3 Å². The molecular weight excluding hydrogens is 523 g/mol. The van der Waals surface area contributed by atoms with Crippen molar-refractivity contribution >= 4 is 7.60 Å². The topological polar surface area (TPSA) is 35.5 Å². The predicted molar refractivity (Wildman–Crippen MR) is 184 cm³/mol. The quantitative estimate of drug-likeness (QED) is 0.0421. The van der Waals surface area contributed by atoms with Crippen LogP contribution >= 0.6 is 7.60 Å². The van der Waals surface area contributed by atoms with E-state index in [0.29, 0.717) is 13.2 Å². The van der Waals surface area contributed by atoms with Crippen molar-refractivity contribution < 1.29 is 13.6 Å². The van der Waals surface area contributed by atoms with Crippen LogP contribution in [0.25, 0.3) is 0 Å². The Morgan fingerprint density at radius 2 is 0.634 bits per heavy atom. The van der Waals surface area contributed by atoms with Crippen molar-refractivity contribution in [3.05, 3.63) is 24.3 Å². The Kier molecular flexibility index (Phi) is 33.8. The van der Waals surface area contributed by atoms with E-state index in [1.807, 2.05) is 0 Å². The van der Waals surface area contributed by atoms with Gasteiger partial charge in [-0.3, -0.25) is 4.57 Å². The van der Waals surface area contributed by atoms with E-state index in [9.17, 15) is 4.57 Å². The second kappa shape index (κ2) is 34.1. The van der Waals surface area contributed by atoms with Gasteiger partial charge in [0, 0.05) is 6.66 Å². The van der Waals surface area contributed by atoms with Gasteiger partial charge in [-0.15, -0.1) is 0 Å². The number of hydrogen-bond donors (Lipinski definition) is 0. The molecule has 0 spiro atoms. The van der Waals surface area contributed by atoms with Crippen LogP contribution < -0.4 is 0 Å². The van der Waals surface area contributed by atoms with E-state index >= 15 is 0 Å². The molecular formula is C37H73O3P. The summed E-state index contributed by atoms with van der Waals surface area (Å²) >= 11 is 0. The lowest BCUT2D eigenvalue weighted by atomic mass is 10.1. The average molecular weight is 597 g/mol. The molecule has 0 saturated carbocycles. The monoisotopic (exact) mass is 597 g/mol. The van der Waals surface area contributed by atoms with Gasteiger partial charge in [-0.1, -0.05) is 154 Å². The summed E-state index contributed by atoms with van der Waals surface area (Å²) in [5.74, 6) is 0. The number of allylic oxidation sites excluding steroid dienone is 4. The summed E-state index contributed by atoms with van der Waals surface area (Å²) in [6.07, 6.45) is 45.7. The van der Waals surface area contributed by atoms with Crippen LogP contribution in [0.5, 0.6) is 0 Å². The van der Waals surface area contributed by atoms with Gasteiger partial charge in [0.05, 0.1) is 13.2 Å². The van der Waals surface area contributed by atoms with Gasteiger partial charge >= 0.3 is 7.60 Å². The average Bonchev–Trinajstić information content (AvgIpc) is 2.96. The van der Waals surface area contributed by atoms with Gasteiger partial charge in [0.2, 0.25) is 0 Å². The van der Waals surface area contributed by atoms with Gasteiger partial charge in [-0.25, -0.2) is 0 Å². The molecule has 0 atom stereocenters. The maximum atomic E-state index is 12.5. The Bertz CT molecular complexity index is 553. The van der Waals surface area contributed by atoms with E-state index in [0.717, 1.165) is 25.7 Å². The van der Waals surface area contributed by atoms with E-state index in [1.165, 1.54) is 154 Å². The second-order valence-electron chi connectivity index (χ2n) is 12.3. The lowest BCUT2D eigenvalue weighted by Crippen LogP contribution is -1.98. The fourth-order valence-corrected chi connectivity index (χ4v) is 6.19. The third kappa shape index (κ3) is 35.7. The molecule has 0 fully saturated rings. The van der Waals surface area contributed by atoms with Crippen LogP contribution in [0.3, 0.4) is 0 Å². The summed E-state index contributed by atoms with van der Waals surface area (Å²) < 4.78 is 23.7. The van der Waals surface area contributed by atoms with Crippen molar-refractivity contribution in [2.45, 2.75) is 194 Å². The largest absolute Gasteiger partial charge is 0.327 e. The zero-order chi connectivity index (χ0) is 30.0. The molecule has 0 saturated heterocycles. The van der Waals surface area contributed by atoms with Crippen molar-refractivity contribution in [1.82, 2.24) is 0 Å². The fourth-order valence-electron chi connectivity index (χ4n) is 5.20. The minimum absolute atomic E-state index is 0.558. The zero-order valence-electron chi connectivity index (χ0n) is 28.2. The molecule has 0 heterocycles. The maximum Gasteiger partial charge on any atom is 0.327 e. The van der Waals surface area contributed by atoms with Crippen molar-refractivity contribution in [2.75, 3.05) is 19.9 Å². The molecule has 0 radical (unpaired) electrons. The molecule has 0 aliphatic rings. The number of unbranched alkanes of at least 4 members (excludes halogenated alkanes) is 24. The highest BCUT2D eigenvalue weighted by atomic mass is 31.2. The highest BCUT2D eigenvalue weighted by Crippen LogP contribution is 2.44. The van der Waals surface area contributed by atoms with Crippen LogP contribution in [0, 0.1) is 0 Å². The van der Waals surface area contributed by atoms with Crippen LogP contribution in [0.2, 0.25) is 0 Å². The summed E-state index contributed by atoms with van der Waals surface area (Å²) in [6, 6.07) is 0. The van der Waals surface area contributed by atoms with E-state index < -0.39 is 7.60 Å². The van der Waals surface area contributed by atoms with E-state index in [2.05, 4.69) is 38.2 Å². The molecule has 0 aromatic heterocycles. The first-order valence-electron chi connectivity index (χ1n) is 18.3. The molecule has 0 aromatic rings. The van der Waals surface area contributed by atoms with Crippen LogP contribution in [0.1, 0.15) is 194 Å². The predicted octanol–water partition coefficient (Wildman–Crippen LogP) is 13.9. The van der Waals surface area contributed by atoms with Gasteiger partial charge < -0.3 is 9.05 Å². The molecule has 3 nitrogen and oxygen atoms in total. The van der Waals surface area contributed by atoms with Gasteiger partial charge in [0.25, 0.3) is 0 Å². The minimum atomic E-state index is -2.89. The summed E-state index contributed by atoms with van der Waals surface area (Å²) in [6.45, 7) is 7.30. The van der Waals surface area contributed by atoms with Crippen molar-refractivity contribution in [2.24, 2.45) is 0 Å². The second-order valence-corrected chi connectivity index (χ2v) is 14.4. The number of hydrogen-bond acceptors (Lipinski definition) is 3. The molecule has 0 bridgehead atoms. The molecule has 4 heteroatoms. The summed E-state index contributed by atoms with van der Waals surface area (Å²) in [4.78, 5) is 0. The van der Waals surface area contributed by atoms with E-state index in [4.69, 9.17) is 9.05 Å². The van der Waals surface area contributed by atoms with Gasteiger partial charge in [-0.05, 0) is 64.2 Å². The first-order chi connectivity index (χ1) is 20.1. The molecule has 0 rings (SSSR count).